The number of rotatable bonds is 7. The summed E-state index contributed by atoms with van der Waals surface area (Å²) in [7, 11) is -2.77. The van der Waals surface area contributed by atoms with Gasteiger partial charge in [0.15, 0.2) is 0 Å². The predicted octanol–water partition coefficient (Wildman–Crippen LogP) is 2.75. The van der Waals surface area contributed by atoms with Crippen molar-refractivity contribution in [2.75, 3.05) is 17.1 Å². The number of sulfonamides is 1. The van der Waals surface area contributed by atoms with Gasteiger partial charge in [-0.15, -0.1) is 0 Å². The van der Waals surface area contributed by atoms with Gasteiger partial charge in [0.05, 0.1) is 17.8 Å². The van der Waals surface area contributed by atoms with E-state index in [1.165, 1.54) is 37.4 Å². The van der Waals surface area contributed by atoms with Crippen LogP contribution >= 0.6 is 11.6 Å². The molecule has 0 spiro atoms. The molecule has 11 heteroatoms. The quantitative estimate of drug-likeness (QED) is 0.518. The number of carbonyl (C=O) groups excluding carboxylic acids is 1. The lowest BCUT2D eigenvalue weighted by molar-refractivity contribution is -0.497. The first-order valence-electron chi connectivity index (χ1n) is 8.12. The second kappa shape index (κ2) is 7.64. The maximum Gasteiger partial charge on any atom is 0.265 e. The van der Waals surface area contributed by atoms with Gasteiger partial charge in [0.1, 0.15) is 16.6 Å². The summed E-state index contributed by atoms with van der Waals surface area (Å²) in [5.41, 5.74) is 0.367. The maximum atomic E-state index is 12.8. The van der Waals surface area contributed by atoms with E-state index in [4.69, 9.17) is 16.3 Å². The molecule has 0 aliphatic heterocycles. The van der Waals surface area contributed by atoms with Crippen LogP contribution in [0.3, 0.4) is 0 Å². The van der Waals surface area contributed by atoms with Crippen LogP contribution in [0.4, 0.5) is 11.4 Å². The van der Waals surface area contributed by atoms with Gasteiger partial charge in [-0.2, -0.15) is 0 Å². The summed E-state index contributed by atoms with van der Waals surface area (Å²) >= 11 is 6.00. The highest BCUT2D eigenvalue weighted by Gasteiger charge is 2.53. The van der Waals surface area contributed by atoms with Crippen molar-refractivity contribution in [3.8, 4) is 5.75 Å². The van der Waals surface area contributed by atoms with Crippen molar-refractivity contribution < 1.29 is 22.9 Å². The number of anilines is 2. The summed E-state index contributed by atoms with van der Waals surface area (Å²) in [6, 6.07) is 9.48. The first-order valence-corrected chi connectivity index (χ1v) is 9.99. The SMILES string of the molecule is COc1ccc(NC(=O)[C@@H]2C[C@@H]2[N+](=O)[O-])cc1S(=O)(=O)Nc1ccccc1Cl. The molecule has 148 valence electrons. The van der Waals surface area contributed by atoms with E-state index in [0.717, 1.165) is 0 Å². The first kappa shape index (κ1) is 19.9. The predicted molar refractivity (Wildman–Crippen MR) is 103 cm³/mol. The molecule has 0 unspecified atom stereocenters. The number of nitrogens with zero attached hydrogens (tertiary/aromatic N) is 1. The van der Waals surface area contributed by atoms with Crippen molar-refractivity contribution >= 4 is 38.9 Å². The van der Waals surface area contributed by atoms with Crippen LogP contribution in [0.15, 0.2) is 47.4 Å². The molecule has 2 atom stereocenters. The molecule has 1 fully saturated rings. The summed E-state index contributed by atoms with van der Waals surface area (Å²) in [5, 5.41) is 13.4. The van der Waals surface area contributed by atoms with Gasteiger partial charge in [0.25, 0.3) is 10.0 Å². The summed E-state index contributed by atoms with van der Waals surface area (Å²) in [4.78, 5) is 22.1. The second-order valence-corrected chi connectivity index (χ2v) is 8.19. The number of ether oxygens (including phenoxy) is 1. The molecule has 9 nitrogen and oxygen atoms in total. The number of halogens is 1. The van der Waals surface area contributed by atoms with Gasteiger partial charge >= 0.3 is 0 Å². The van der Waals surface area contributed by atoms with E-state index < -0.39 is 32.8 Å². The number of hydrogen-bond donors (Lipinski definition) is 2. The van der Waals surface area contributed by atoms with Gasteiger partial charge in [-0.3, -0.25) is 19.6 Å². The number of nitrogens with one attached hydrogen (secondary N) is 2. The summed E-state index contributed by atoms with van der Waals surface area (Å²) in [6.45, 7) is 0. The molecule has 0 saturated heterocycles. The van der Waals surface area contributed by atoms with Crippen molar-refractivity contribution in [3.63, 3.8) is 0 Å². The zero-order valence-electron chi connectivity index (χ0n) is 14.6. The highest BCUT2D eigenvalue weighted by molar-refractivity contribution is 7.92. The lowest BCUT2D eigenvalue weighted by Crippen LogP contribution is -2.19. The van der Waals surface area contributed by atoms with E-state index in [9.17, 15) is 23.3 Å². The average Bonchev–Trinajstić information content (AvgIpc) is 3.45. The highest BCUT2D eigenvalue weighted by atomic mass is 35.5. The Morgan fingerprint density at radius 1 is 1.29 bits per heavy atom. The fourth-order valence-electron chi connectivity index (χ4n) is 2.64. The van der Waals surface area contributed by atoms with Gasteiger partial charge in [0, 0.05) is 17.0 Å². The summed E-state index contributed by atoms with van der Waals surface area (Å²) < 4.78 is 33.1. The number of carbonyl (C=O) groups is 1. The van der Waals surface area contributed by atoms with E-state index in [0.29, 0.717) is 0 Å². The van der Waals surface area contributed by atoms with Crippen LogP contribution in [0, 0.1) is 16.0 Å². The molecule has 2 aromatic carbocycles. The second-order valence-electron chi connectivity index (χ2n) is 6.14. The molecular formula is C17H16ClN3O6S. The lowest BCUT2D eigenvalue weighted by Gasteiger charge is -2.14. The molecular weight excluding hydrogens is 410 g/mol. The molecule has 0 bridgehead atoms. The third kappa shape index (κ3) is 4.18. The van der Waals surface area contributed by atoms with Gasteiger partial charge in [-0.25, -0.2) is 8.42 Å². The fraction of sp³-hybridized carbons (Fsp3) is 0.235. The van der Waals surface area contributed by atoms with Crippen LogP contribution < -0.4 is 14.8 Å². The standard InChI is InChI=1S/C17H16ClN3O6S/c1-27-15-7-6-10(19-17(22)11-9-14(11)21(23)24)8-16(15)28(25,26)20-13-5-3-2-4-12(13)18/h2-8,11,14,20H,9H2,1H3,(H,19,22)/t11-,14+/m1/s1. The van der Waals surface area contributed by atoms with Gasteiger partial charge < -0.3 is 10.1 Å². The molecule has 1 amide bonds. The normalized spacial score (nSPS) is 18.2. The van der Waals surface area contributed by atoms with E-state index in [2.05, 4.69) is 10.0 Å². The highest BCUT2D eigenvalue weighted by Crippen LogP contribution is 2.35. The molecule has 1 aliphatic rings. The molecule has 2 aromatic rings. The maximum absolute atomic E-state index is 12.8. The molecule has 3 rings (SSSR count). The van der Waals surface area contributed by atoms with Crippen LogP contribution in [-0.4, -0.2) is 32.4 Å². The van der Waals surface area contributed by atoms with Crippen LogP contribution in [0.2, 0.25) is 5.02 Å². The Morgan fingerprint density at radius 3 is 2.61 bits per heavy atom. The van der Waals surface area contributed by atoms with Crippen molar-refractivity contribution in [1.29, 1.82) is 0 Å². The summed E-state index contributed by atoms with van der Waals surface area (Å²) in [6.07, 6.45) is 0.161. The van der Waals surface area contributed by atoms with Crippen LogP contribution in [0.5, 0.6) is 5.75 Å². The van der Waals surface area contributed by atoms with Crippen molar-refractivity contribution in [2.24, 2.45) is 5.92 Å². The number of benzene rings is 2. The smallest absolute Gasteiger partial charge is 0.265 e. The number of hydrogen-bond acceptors (Lipinski definition) is 6. The molecule has 0 aromatic heterocycles. The number of nitro groups is 1. The van der Waals surface area contributed by atoms with E-state index in [1.54, 1.807) is 12.1 Å². The van der Waals surface area contributed by atoms with Gasteiger partial charge in [-0.05, 0) is 30.3 Å². The molecule has 1 aliphatic carbocycles. The molecule has 2 N–H and O–H groups in total. The Bertz CT molecular complexity index is 1040. The first-order chi connectivity index (χ1) is 13.2. The number of amides is 1. The fourth-order valence-corrected chi connectivity index (χ4v) is 4.15. The van der Waals surface area contributed by atoms with Crippen LogP contribution in [0.1, 0.15) is 6.42 Å². The van der Waals surface area contributed by atoms with Gasteiger partial charge in [0.2, 0.25) is 11.9 Å². The van der Waals surface area contributed by atoms with Crippen LogP contribution in [-0.2, 0) is 14.8 Å². The lowest BCUT2D eigenvalue weighted by atomic mass is 10.3. The monoisotopic (exact) mass is 425 g/mol. The Labute approximate surface area is 165 Å². The number of para-hydroxylation sites is 1. The minimum Gasteiger partial charge on any atom is -0.495 e. The van der Waals surface area contributed by atoms with Crippen molar-refractivity contribution in [3.05, 3.63) is 57.6 Å². The zero-order valence-corrected chi connectivity index (χ0v) is 16.2. The van der Waals surface area contributed by atoms with Crippen molar-refractivity contribution in [1.82, 2.24) is 0 Å². The third-order valence-corrected chi connectivity index (χ3v) is 5.92. The Kier molecular flexibility index (Phi) is 5.43. The average molecular weight is 426 g/mol. The zero-order chi connectivity index (χ0) is 20.5. The molecule has 28 heavy (non-hydrogen) atoms. The summed E-state index contributed by atoms with van der Waals surface area (Å²) in [5.74, 6) is -1.19. The Balaban J connectivity index is 1.86. The third-order valence-electron chi connectivity index (χ3n) is 4.20. The van der Waals surface area contributed by atoms with Crippen LogP contribution in [0.25, 0.3) is 0 Å². The minimum absolute atomic E-state index is 0.0622. The van der Waals surface area contributed by atoms with Crippen molar-refractivity contribution in [2.45, 2.75) is 17.4 Å². The Hall–Kier alpha value is -2.85. The molecule has 1 saturated carbocycles. The topological polar surface area (TPSA) is 128 Å². The largest absolute Gasteiger partial charge is 0.495 e. The Morgan fingerprint density at radius 2 is 2.00 bits per heavy atom. The number of methoxy groups -OCH3 is 1. The molecule has 0 radical (unpaired) electrons. The minimum atomic E-state index is -4.08. The molecule has 0 heterocycles. The van der Waals surface area contributed by atoms with Gasteiger partial charge in [-0.1, -0.05) is 23.7 Å². The van der Waals surface area contributed by atoms with E-state index >= 15 is 0 Å². The van der Waals surface area contributed by atoms with E-state index in [1.807, 2.05) is 0 Å². The van der Waals surface area contributed by atoms with E-state index in [-0.39, 0.29) is 33.5 Å².